The van der Waals surface area contributed by atoms with E-state index in [2.05, 4.69) is 11.4 Å². The molecule has 1 rings (SSSR count). The molecule has 0 aromatic rings. The molecule has 0 radical (unpaired) electrons. The third-order valence-electron chi connectivity index (χ3n) is 2.54. The molecule has 0 aromatic carbocycles. The van der Waals surface area contributed by atoms with Gasteiger partial charge in [0, 0.05) is 0 Å². The van der Waals surface area contributed by atoms with Crippen LogP contribution in [0.2, 0.25) is 0 Å². The largest absolute Gasteiger partial charge is 0.337 e. The van der Waals surface area contributed by atoms with Crippen molar-refractivity contribution in [3.63, 3.8) is 0 Å². The van der Waals surface area contributed by atoms with Crippen LogP contribution in [-0.4, -0.2) is 11.4 Å². The van der Waals surface area contributed by atoms with Gasteiger partial charge < -0.3 is 5.32 Å². The monoisotopic (exact) mass is 191 g/mol. The molecular formula is C10H13N3O. The number of amides is 1. The summed E-state index contributed by atoms with van der Waals surface area (Å²) in [5.74, 6) is -0.337. The summed E-state index contributed by atoms with van der Waals surface area (Å²) in [7, 11) is 0. The van der Waals surface area contributed by atoms with Crippen LogP contribution in [0.15, 0.2) is 0 Å². The Morgan fingerprint density at radius 3 is 2.43 bits per heavy atom. The highest BCUT2D eigenvalue weighted by atomic mass is 16.1. The highest BCUT2D eigenvalue weighted by Crippen LogP contribution is 2.27. The van der Waals surface area contributed by atoms with Crippen molar-refractivity contribution in [2.45, 2.75) is 44.1 Å². The van der Waals surface area contributed by atoms with Crippen LogP contribution >= 0.6 is 0 Å². The first-order valence-corrected chi connectivity index (χ1v) is 4.82. The third kappa shape index (κ3) is 2.47. The van der Waals surface area contributed by atoms with E-state index in [0.29, 0.717) is 12.8 Å². The summed E-state index contributed by atoms with van der Waals surface area (Å²) in [4.78, 5) is 11.2. The molecule has 14 heavy (non-hydrogen) atoms. The molecule has 0 bridgehead atoms. The Morgan fingerprint density at radius 2 is 1.93 bits per heavy atom. The van der Waals surface area contributed by atoms with E-state index < -0.39 is 5.54 Å². The second-order valence-corrected chi connectivity index (χ2v) is 3.64. The van der Waals surface area contributed by atoms with Gasteiger partial charge in [-0.1, -0.05) is 19.3 Å². The molecule has 0 spiro atoms. The predicted molar refractivity (Wildman–Crippen MR) is 49.8 cm³/mol. The average Bonchev–Trinajstić information content (AvgIpc) is 2.19. The number of hydrogen-bond acceptors (Lipinski definition) is 3. The Hall–Kier alpha value is -1.55. The van der Waals surface area contributed by atoms with Gasteiger partial charge in [-0.25, -0.2) is 0 Å². The zero-order chi connectivity index (χ0) is 10.4. The molecule has 1 amide bonds. The van der Waals surface area contributed by atoms with Crippen molar-refractivity contribution < 1.29 is 4.79 Å². The lowest BCUT2D eigenvalue weighted by Gasteiger charge is -2.31. The Labute approximate surface area is 83.5 Å². The van der Waals surface area contributed by atoms with Gasteiger partial charge in [-0.3, -0.25) is 4.79 Å². The lowest BCUT2D eigenvalue weighted by Crippen LogP contribution is -2.48. The zero-order valence-electron chi connectivity index (χ0n) is 8.05. The Morgan fingerprint density at radius 1 is 1.29 bits per heavy atom. The van der Waals surface area contributed by atoms with Crippen LogP contribution in [-0.2, 0) is 4.79 Å². The van der Waals surface area contributed by atoms with Gasteiger partial charge in [0.2, 0.25) is 5.91 Å². The number of carbonyl (C=O) groups excluding carboxylic acids is 1. The van der Waals surface area contributed by atoms with Gasteiger partial charge in [-0.2, -0.15) is 10.5 Å². The molecule has 1 fully saturated rings. The number of carbonyl (C=O) groups is 1. The van der Waals surface area contributed by atoms with E-state index in [1.54, 1.807) is 6.07 Å². The number of rotatable bonds is 2. The molecular weight excluding hydrogens is 178 g/mol. The molecule has 1 aliphatic rings. The van der Waals surface area contributed by atoms with Gasteiger partial charge in [-0.05, 0) is 12.8 Å². The second-order valence-electron chi connectivity index (χ2n) is 3.64. The van der Waals surface area contributed by atoms with E-state index in [1.165, 1.54) is 0 Å². The smallest absolute Gasteiger partial charge is 0.235 e. The normalized spacial score (nSPS) is 19.0. The Balaban J connectivity index is 2.58. The second kappa shape index (κ2) is 4.62. The van der Waals surface area contributed by atoms with Crippen molar-refractivity contribution >= 4 is 5.91 Å². The van der Waals surface area contributed by atoms with Crippen LogP contribution in [0.4, 0.5) is 0 Å². The maximum atomic E-state index is 11.2. The molecule has 1 N–H and O–H groups in total. The molecule has 4 heteroatoms. The first-order chi connectivity index (χ1) is 6.72. The molecule has 1 saturated carbocycles. The van der Waals surface area contributed by atoms with Gasteiger partial charge in [0.05, 0.1) is 12.1 Å². The Bertz CT molecular complexity index is 291. The standard InChI is InChI=1S/C10H13N3O/c11-7-4-9(14)13-10(8-12)5-2-1-3-6-10/h1-6H2,(H,13,14). The summed E-state index contributed by atoms with van der Waals surface area (Å²) in [5, 5.41) is 20.0. The van der Waals surface area contributed by atoms with Gasteiger partial charge in [0.15, 0.2) is 0 Å². The Kier molecular flexibility index (Phi) is 3.48. The summed E-state index contributed by atoms with van der Waals surface area (Å²) < 4.78 is 0. The number of nitriles is 2. The van der Waals surface area contributed by atoms with Crippen LogP contribution in [0.3, 0.4) is 0 Å². The van der Waals surface area contributed by atoms with Crippen LogP contribution in [0.5, 0.6) is 0 Å². The van der Waals surface area contributed by atoms with Crippen LogP contribution < -0.4 is 5.32 Å². The molecule has 0 heterocycles. The molecule has 0 atom stereocenters. The van der Waals surface area contributed by atoms with Crippen molar-refractivity contribution in [1.29, 1.82) is 10.5 Å². The number of nitrogens with zero attached hydrogens (tertiary/aromatic N) is 2. The zero-order valence-corrected chi connectivity index (χ0v) is 8.05. The van der Waals surface area contributed by atoms with Gasteiger partial charge >= 0.3 is 0 Å². The number of nitrogens with one attached hydrogen (secondary N) is 1. The lowest BCUT2D eigenvalue weighted by atomic mass is 9.83. The molecule has 4 nitrogen and oxygen atoms in total. The fourth-order valence-corrected chi connectivity index (χ4v) is 1.80. The minimum Gasteiger partial charge on any atom is -0.337 e. The molecule has 0 aromatic heterocycles. The third-order valence-corrected chi connectivity index (χ3v) is 2.54. The van der Waals surface area contributed by atoms with Crippen LogP contribution in [0.25, 0.3) is 0 Å². The molecule has 74 valence electrons. The molecule has 0 unspecified atom stereocenters. The first kappa shape index (κ1) is 10.5. The van der Waals surface area contributed by atoms with E-state index in [-0.39, 0.29) is 12.3 Å². The van der Waals surface area contributed by atoms with Gasteiger partial charge in [0.25, 0.3) is 0 Å². The van der Waals surface area contributed by atoms with Gasteiger partial charge in [0.1, 0.15) is 12.0 Å². The summed E-state index contributed by atoms with van der Waals surface area (Å²) >= 11 is 0. The predicted octanol–water partition coefficient (Wildman–Crippen LogP) is 1.24. The SMILES string of the molecule is N#CCC(=O)NC1(C#N)CCCCC1. The maximum absolute atomic E-state index is 11.2. The highest BCUT2D eigenvalue weighted by Gasteiger charge is 2.33. The maximum Gasteiger partial charge on any atom is 0.235 e. The lowest BCUT2D eigenvalue weighted by molar-refractivity contribution is -0.121. The minimum absolute atomic E-state index is 0.163. The van der Waals surface area contributed by atoms with E-state index in [9.17, 15) is 4.79 Å². The summed E-state index contributed by atoms with van der Waals surface area (Å²) in [6.07, 6.45) is 4.32. The highest BCUT2D eigenvalue weighted by molar-refractivity contribution is 5.79. The summed E-state index contributed by atoms with van der Waals surface area (Å²) in [6.45, 7) is 0. The quantitative estimate of drug-likeness (QED) is 0.713. The van der Waals surface area contributed by atoms with Crippen LogP contribution in [0, 0.1) is 22.7 Å². The van der Waals surface area contributed by atoms with E-state index in [1.807, 2.05) is 0 Å². The molecule has 1 aliphatic carbocycles. The summed E-state index contributed by atoms with van der Waals surface area (Å²) in [5.41, 5.74) is -0.702. The molecule has 0 aliphatic heterocycles. The van der Waals surface area contributed by atoms with Crippen molar-refractivity contribution in [1.82, 2.24) is 5.32 Å². The number of hydrogen-bond donors (Lipinski definition) is 1. The van der Waals surface area contributed by atoms with Crippen LogP contribution in [0.1, 0.15) is 38.5 Å². The van der Waals surface area contributed by atoms with Crippen molar-refractivity contribution in [2.75, 3.05) is 0 Å². The van der Waals surface area contributed by atoms with E-state index in [4.69, 9.17) is 10.5 Å². The summed E-state index contributed by atoms with van der Waals surface area (Å²) in [6, 6.07) is 3.94. The fraction of sp³-hybridized carbons (Fsp3) is 0.700. The van der Waals surface area contributed by atoms with Crippen molar-refractivity contribution in [2.24, 2.45) is 0 Å². The van der Waals surface area contributed by atoms with Gasteiger partial charge in [-0.15, -0.1) is 0 Å². The first-order valence-electron chi connectivity index (χ1n) is 4.82. The van der Waals surface area contributed by atoms with Crippen molar-refractivity contribution in [3.8, 4) is 12.1 Å². The average molecular weight is 191 g/mol. The topological polar surface area (TPSA) is 76.7 Å². The minimum atomic E-state index is -0.702. The van der Waals surface area contributed by atoms with Crippen molar-refractivity contribution in [3.05, 3.63) is 0 Å². The fourth-order valence-electron chi connectivity index (χ4n) is 1.80. The molecule has 0 saturated heterocycles. The van der Waals surface area contributed by atoms with E-state index >= 15 is 0 Å². The van der Waals surface area contributed by atoms with E-state index in [0.717, 1.165) is 19.3 Å².